The summed E-state index contributed by atoms with van der Waals surface area (Å²) < 4.78 is 10.3. The van der Waals surface area contributed by atoms with Crippen molar-refractivity contribution >= 4 is 23.9 Å². The first-order valence-corrected chi connectivity index (χ1v) is 11.4. The molecule has 0 aromatic heterocycles. The number of esters is 1. The fraction of sp³-hybridized carbons (Fsp3) is 0.385. The summed E-state index contributed by atoms with van der Waals surface area (Å²) in [5, 5.41) is 14.0. The van der Waals surface area contributed by atoms with Crippen molar-refractivity contribution in [1.82, 2.24) is 10.6 Å². The zero-order valence-electron chi connectivity index (χ0n) is 20.2. The molecule has 0 bridgehead atoms. The number of carbonyl (C=O) groups excluding carboxylic acids is 3. The number of hydrogen-bond donors (Lipinski definition) is 3. The van der Waals surface area contributed by atoms with E-state index in [2.05, 4.69) is 10.6 Å². The number of aliphatic carboxylic acids is 1. The topological polar surface area (TPSA) is 131 Å². The van der Waals surface area contributed by atoms with Crippen LogP contribution < -0.4 is 10.6 Å². The fourth-order valence-corrected chi connectivity index (χ4v) is 4.09. The van der Waals surface area contributed by atoms with E-state index in [9.17, 15) is 24.3 Å². The third kappa shape index (κ3) is 5.79. The van der Waals surface area contributed by atoms with E-state index in [0.29, 0.717) is 0 Å². The van der Waals surface area contributed by atoms with Crippen molar-refractivity contribution in [2.24, 2.45) is 5.41 Å². The largest absolute Gasteiger partial charge is 0.480 e. The van der Waals surface area contributed by atoms with Gasteiger partial charge in [0.1, 0.15) is 12.6 Å². The van der Waals surface area contributed by atoms with E-state index < -0.39 is 41.4 Å². The molecule has 0 saturated carbocycles. The lowest BCUT2D eigenvalue weighted by Gasteiger charge is -2.29. The van der Waals surface area contributed by atoms with E-state index in [1.807, 2.05) is 48.5 Å². The Hall–Kier alpha value is -3.88. The van der Waals surface area contributed by atoms with Gasteiger partial charge in [-0.05, 0) is 34.6 Å². The van der Waals surface area contributed by atoms with Crippen LogP contribution in [0.1, 0.15) is 44.7 Å². The summed E-state index contributed by atoms with van der Waals surface area (Å²) in [4.78, 5) is 49.5. The number of carboxylic acid groups (broad SMARTS) is 1. The molecule has 0 heterocycles. The maximum Gasteiger partial charge on any atom is 0.408 e. The van der Waals surface area contributed by atoms with E-state index in [1.54, 1.807) is 27.7 Å². The Kier molecular flexibility index (Phi) is 7.78. The van der Waals surface area contributed by atoms with E-state index in [-0.39, 0.29) is 19.1 Å². The summed E-state index contributed by atoms with van der Waals surface area (Å²) in [6.45, 7) is 6.39. The first kappa shape index (κ1) is 25.7. The van der Waals surface area contributed by atoms with Gasteiger partial charge in [-0.1, -0.05) is 69.3 Å². The van der Waals surface area contributed by atoms with E-state index >= 15 is 0 Å². The molecule has 0 fully saturated rings. The van der Waals surface area contributed by atoms with Crippen LogP contribution in [0.2, 0.25) is 0 Å². The Morgan fingerprint density at radius 2 is 1.46 bits per heavy atom. The highest BCUT2D eigenvalue weighted by atomic mass is 16.6. The Bertz CT molecular complexity index is 1080. The van der Waals surface area contributed by atoms with Gasteiger partial charge in [0.05, 0.1) is 6.61 Å². The van der Waals surface area contributed by atoms with Gasteiger partial charge in [-0.3, -0.25) is 10.1 Å². The summed E-state index contributed by atoms with van der Waals surface area (Å²) in [5.41, 5.74) is 3.29. The minimum Gasteiger partial charge on any atom is -0.480 e. The maximum absolute atomic E-state index is 12.8. The van der Waals surface area contributed by atoms with Gasteiger partial charge in [0.25, 0.3) is 5.91 Å². The Morgan fingerprint density at radius 1 is 0.914 bits per heavy atom. The van der Waals surface area contributed by atoms with Crippen LogP contribution in [0.5, 0.6) is 0 Å². The lowest BCUT2D eigenvalue weighted by Crippen LogP contribution is -2.58. The molecule has 186 valence electrons. The molecule has 0 spiro atoms. The van der Waals surface area contributed by atoms with Crippen LogP contribution in [-0.2, 0) is 23.9 Å². The van der Waals surface area contributed by atoms with Gasteiger partial charge < -0.3 is 19.9 Å². The number of nitrogens with one attached hydrogen (secondary N) is 2. The molecule has 3 N–H and O–H groups in total. The summed E-state index contributed by atoms with van der Waals surface area (Å²) in [6, 6.07) is 12.6. The van der Waals surface area contributed by atoms with Gasteiger partial charge in [0.2, 0.25) is 6.04 Å². The molecule has 35 heavy (non-hydrogen) atoms. The zero-order chi connectivity index (χ0) is 25.8. The summed E-state index contributed by atoms with van der Waals surface area (Å²) in [5.74, 6) is -3.49. The van der Waals surface area contributed by atoms with Crippen LogP contribution in [0.25, 0.3) is 11.1 Å². The smallest absolute Gasteiger partial charge is 0.408 e. The average Bonchev–Trinajstić information content (AvgIpc) is 3.12. The van der Waals surface area contributed by atoms with Crippen molar-refractivity contribution in [3.05, 3.63) is 59.7 Å². The van der Waals surface area contributed by atoms with Crippen LogP contribution in [-0.4, -0.2) is 54.3 Å². The minimum absolute atomic E-state index is 0.0171. The van der Waals surface area contributed by atoms with Crippen LogP contribution in [0, 0.1) is 5.41 Å². The second kappa shape index (κ2) is 10.6. The van der Waals surface area contributed by atoms with Gasteiger partial charge in [0, 0.05) is 5.92 Å². The first-order chi connectivity index (χ1) is 16.5. The Morgan fingerprint density at radius 3 is 1.94 bits per heavy atom. The molecule has 3 rings (SSSR count). The molecule has 1 aliphatic rings. The number of amides is 2. The molecule has 0 radical (unpaired) electrons. The van der Waals surface area contributed by atoms with Gasteiger partial charge in [-0.2, -0.15) is 0 Å². The third-order valence-electron chi connectivity index (χ3n) is 5.79. The number of carboxylic acids is 1. The Labute approximate surface area is 203 Å². The van der Waals surface area contributed by atoms with Crippen LogP contribution in [0.4, 0.5) is 4.79 Å². The molecule has 2 amide bonds. The average molecular weight is 483 g/mol. The van der Waals surface area contributed by atoms with E-state index in [1.165, 1.54) is 0 Å². The summed E-state index contributed by atoms with van der Waals surface area (Å²) >= 11 is 0. The van der Waals surface area contributed by atoms with Crippen molar-refractivity contribution in [3.8, 4) is 11.1 Å². The number of alkyl carbamates (subject to hydrolysis) is 1. The van der Waals surface area contributed by atoms with Crippen LogP contribution in [0.3, 0.4) is 0 Å². The van der Waals surface area contributed by atoms with E-state index in [4.69, 9.17) is 9.47 Å². The number of rotatable bonds is 8. The fourth-order valence-electron chi connectivity index (χ4n) is 4.09. The maximum atomic E-state index is 12.8. The van der Waals surface area contributed by atoms with E-state index in [0.717, 1.165) is 22.3 Å². The zero-order valence-corrected chi connectivity index (χ0v) is 20.2. The minimum atomic E-state index is -1.77. The number of carbonyl (C=O) groups is 4. The van der Waals surface area contributed by atoms with Gasteiger partial charge in [0.15, 0.2) is 0 Å². The van der Waals surface area contributed by atoms with Gasteiger partial charge >= 0.3 is 18.0 Å². The highest BCUT2D eigenvalue weighted by Gasteiger charge is 2.38. The van der Waals surface area contributed by atoms with Crippen LogP contribution in [0.15, 0.2) is 48.5 Å². The van der Waals surface area contributed by atoms with Gasteiger partial charge in [-0.25, -0.2) is 14.4 Å². The molecule has 2 unspecified atom stereocenters. The van der Waals surface area contributed by atoms with Gasteiger partial charge in [-0.15, -0.1) is 0 Å². The predicted octanol–water partition coefficient (Wildman–Crippen LogP) is 3.07. The molecule has 9 heteroatoms. The van der Waals surface area contributed by atoms with Crippen molar-refractivity contribution in [1.29, 1.82) is 0 Å². The highest BCUT2D eigenvalue weighted by Crippen LogP contribution is 2.44. The molecule has 1 aliphatic carbocycles. The molecule has 9 nitrogen and oxygen atoms in total. The Balaban J connectivity index is 1.72. The molecular formula is C26H30N2O7. The van der Waals surface area contributed by atoms with Crippen molar-refractivity contribution < 1.29 is 33.8 Å². The van der Waals surface area contributed by atoms with Crippen molar-refractivity contribution in [2.75, 3.05) is 13.2 Å². The quantitative estimate of drug-likeness (QED) is 0.389. The highest BCUT2D eigenvalue weighted by molar-refractivity contribution is 6.05. The first-order valence-electron chi connectivity index (χ1n) is 11.4. The number of ether oxygens (including phenoxy) is 2. The lowest BCUT2D eigenvalue weighted by molar-refractivity contribution is -0.152. The number of hydrogen-bond acceptors (Lipinski definition) is 6. The van der Waals surface area contributed by atoms with Crippen molar-refractivity contribution in [3.63, 3.8) is 0 Å². The molecule has 2 aromatic carbocycles. The molecular weight excluding hydrogens is 452 g/mol. The normalized spacial score (nSPS) is 14.2. The number of benzene rings is 2. The number of fused-ring (bicyclic) bond motifs is 3. The molecule has 0 aliphatic heterocycles. The molecule has 2 aromatic rings. The third-order valence-corrected chi connectivity index (χ3v) is 5.79. The molecule has 0 saturated heterocycles. The second-order valence-corrected chi connectivity index (χ2v) is 9.30. The summed E-state index contributed by atoms with van der Waals surface area (Å²) in [6.07, 6.45) is -0.998. The summed E-state index contributed by atoms with van der Waals surface area (Å²) in [7, 11) is 0. The monoisotopic (exact) mass is 482 g/mol. The van der Waals surface area contributed by atoms with Crippen LogP contribution >= 0.6 is 0 Å². The standard InChI is InChI=1S/C26H30N2O7/c1-5-34-24(32)20(22(29)28-21(23(30)31)26(2,3)4)27-25(33)35-14-19-17-12-8-6-10-15(17)16-11-7-9-13-18(16)19/h6-13,19-21H,5,14H2,1-4H3,(H,27,33)(H,28,29)(H,30,31). The van der Waals surface area contributed by atoms with Crippen molar-refractivity contribution in [2.45, 2.75) is 45.7 Å². The molecule has 2 atom stereocenters. The predicted molar refractivity (Wildman–Crippen MR) is 128 cm³/mol. The lowest BCUT2D eigenvalue weighted by atomic mass is 9.86. The second-order valence-electron chi connectivity index (χ2n) is 9.30. The SMILES string of the molecule is CCOC(=O)C(NC(=O)OCC1c2ccccc2-c2ccccc21)C(=O)NC(C(=O)O)C(C)(C)C.